The average Bonchev–Trinajstić information content (AvgIpc) is 2.27. The zero-order valence-electron chi connectivity index (χ0n) is 10.4. The normalized spacial score (nSPS) is 14.4. The molecule has 0 rings (SSSR count). The van der Waals surface area contributed by atoms with Crippen molar-refractivity contribution in [2.75, 3.05) is 27.2 Å². The molecule has 0 aliphatic carbocycles. The lowest BCUT2D eigenvalue weighted by atomic mass is 10.1. The standard InChI is InChI=1S/C10H22N4O2/c1-7(5-11)6-14(4)8(2)9(15)13-10(16)12-3/h7-8H,5-6,11H2,1-4H3,(H2,12,13,15,16). The van der Waals surface area contributed by atoms with Gasteiger partial charge < -0.3 is 11.1 Å². The minimum absolute atomic E-state index is 0.314. The molecule has 0 heterocycles. The molecule has 0 spiro atoms. The Hall–Kier alpha value is -1.14. The van der Waals surface area contributed by atoms with E-state index in [0.717, 1.165) is 6.54 Å². The van der Waals surface area contributed by atoms with E-state index < -0.39 is 6.03 Å². The third-order valence-corrected chi connectivity index (χ3v) is 2.51. The number of likely N-dealkylation sites (N-methyl/N-ethyl adjacent to an activating group) is 1. The van der Waals surface area contributed by atoms with E-state index in [1.807, 2.05) is 18.9 Å². The van der Waals surface area contributed by atoms with E-state index in [4.69, 9.17) is 5.73 Å². The smallest absolute Gasteiger partial charge is 0.321 e. The van der Waals surface area contributed by atoms with Gasteiger partial charge >= 0.3 is 6.03 Å². The van der Waals surface area contributed by atoms with Gasteiger partial charge in [0.1, 0.15) is 0 Å². The first-order valence-corrected chi connectivity index (χ1v) is 5.35. The van der Waals surface area contributed by atoms with Gasteiger partial charge in [-0.15, -0.1) is 0 Å². The van der Waals surface area contributed by atoms with Crippen LogP contribution in [0.1, 0.15) is 13.8 Å². The number of amides is 3. The number of hydrogen-bond acceptors (Lipinski definition) is 4. The van der Waals surface area contributed by atoms with Crippen molar-refractivity contribution < 1.29 is 9.59 Å². The van der Waals surface area contributed by atoms with Crippen LogP contribution in [0.15, 0.2) is 0 Å². The Morgan fingerprint density at radius 2 is 1.94 bits per heavy atom. The number of carbonyl (C=O) groups is 2. The van der Waals surface area contributed by atoms with E-state index in [1.165, 1.54) is 7.05 Å². The van der Waals surface area contributed by atoms with Crippen molar-refractivity contribution in [3.63, 3.8) is 0 Å². The lowest BCUT2D eigenvalue weighted by Crippen LogP contribution is -2.49. The van der Waals surface area contributed by atoms with E-state index >= 15 is 0 Å². The second-order valence-electron chi connectivity index (χ2n) is 4.02. The summed E-state index contributed by atoms with van der Waals surface area (Å²) in [5, 5.41) is 4.57. The van der Waals surface area contributed by atoms with E-state index in [2.05, 4.69) is 10.6 Å². The van der Waals surface area contributed by atoms with Crippen LogP contribution in [0.2, 0.25) is 0 Å². The monoisotopic (exact) mass is 230 g/mol. The van der Waals surface area contributed by atoms with Crippen LogP contribution < -0.4 is 16.4 Å². The Labute approximate surface area is 96.5 Å². The molecule has 2 atom stereocenters. The summed E-state index contributed by atoms with van der Waals surface area (Å²) in [4.78, 5) is 24.4. The molecule has 0 aromatic carbocycles. The van der Waals surface area contributed by atoms with Gasteiger partial charge in [-0.05, 0) is 26.4 Å². The van der Waals surface area contributed by atoms with Crippen LogP contribution in [0.25, 0.3) is 0 Å². The Morgan fingerprint density at radius 3 is 2.38 bits per heavy atom. The maximum atomic E-state index is 11.6. The number of imide groups is 1. The molecule has 2 unspecified atom stereocenters. The maximum Gasteiger partial charge on any atom is 0.321 e. The number of carbonyl (C=O) groups excluding carboxylic acids is 2. The molecule has 0 saturated heterocycles. The summed E-state index contributed by atoms with van der Waals surface area (Å²) in [5.41, 5.74) is 5.51. The summed E-state index contributed by atoms with van der Waals surface area (Å²) in [6.45, 7) is 5.06. The average molecular weight is 230 g/mol. The molecule has 3 amide bonds. The molecule has 4 N–H and O–H groups in total. The molecule has 16 heavy (non-hydrogen) atoms. The number of nitrogens with two attached hydrogens (primary N) is 1. The summed E-state index contributed by atoms with van der Waals surface area (Å²) in [7, 11) is 3.30. The van der Waals surface area contributed by atoms with E-state index in [1.54, 1.807) is 6.92 Å². The molecule has 0 saturated carbocycles. The number of nitrogens with zero attached hydrogens (tertiary/aromatic N) is 1. The van der Waals surface area contributed by atoms with Gasteiger partial charge in [-0.25, -0.2) is 4.79 Å². The van der Waals surface area contributed by atoms with Gasteiger partial charge in [-0.3, -0.25) is 15.0 Å². The Balaban J connectivity index is 4.16. The Morgan fingerprint density at radius 1 is 1.38 bits per heavy atom. The van der Waals surface area contributed by atoms with Crippen LogP contribution in [0.3, 0.4) is 0 Å². The SMILES string of the molecule is CNC(=O)NC(=O)C(C)N(C)CC(C)CN. The molecular formula is C10H22N4O2. The molecular weight excluding hydrogens is 208 g/mol. The Bertz CT molecular complexity index is 245. The predicted octanol–water partition coefficient (Wildman–Crippen LogP) is -0.643. The molecule has 0 fully saturated rings. The van der Waals surface area contributed by atoms with Crippen LogP contribution in [0.5, 0.6) is 0 Å². The molecule has 0 aromatic heterocycles. The minimum atomic E-state index is -0.489. The van der Waals surface area contributed by atoms with Crippen LogP contribution in [0.4, 0.5) is 4.79 Å². The van der Waals surface area contributed by atoms with Crippen LogP contribution in [0, 0.1) is 5.92 Å². The number of rotatable bonds is 5. The van der Waals surface area contributed by atoms with Crippen molar-refractivity contribution in [3.05, 3.63) is 0 Å². The first-order valence-electron chi connectivity index (χ1n) is 5.35. The van der Waals surface area contributed by atoms with Crippen molar-refractivity contribution in [2.24, 2.45) is 11.7 Å². The maximum absolute atomic E-state index is 11.6. The van der Waals surface area contributed by atoms with Gasteiger partial charge in [0.15, 0.2) is 0 Å². The van der Waals surface area contributed by atoms with E-state index in [0.29, 0.717) is 12.5 Å². The molecule has 0 radical (unpaired) electrons. The third kappa shape index (κ3) is 5.09. The minimum Gasteiger partial charge on any atom is -0.341 e. The molecule has 6 nitrogen and oxygen atoms in total. The van der Waals surface area contributed by atoms with Crippen molar-refractivity contribution in [1.29, 1.82) is 0 Å². The van der Waals surface area contributed by atoms with Crippen molar-refractivity contribution in [2.45, 2.75) is 19.9 Å². The van der Waals surface area contributed by atoms with Crippen molar-refractivity contribution in [1.82, 2.24) is 15.5 Å². The van der Waals surface area contributed by atoms with Crippen LogP contribution >= 0.6 is 0 Å². The number of urea groups is 1. The highest BCUT2D eigenvalue weighted by molar-refractivity contribution is 5.96. The second kappa shape index (κ2) is 7.19. The third-order valence-electron chi connectivity index (χ3n) is 2.51. The molecule has 0 aliphatic heterocycles. The summed E-state index contributed by atoms with van der Waals surface area (Å²) in [5.74, 6) is 0.00585. The zero-order valence-corrected chi connectivity index (χ0v) is 10.4. The first-order chi connectivity index (χ1) is 7.42. The lowest BCUT2D eigenvalue weighted by Gasteiger charge is -2.25. The highest BCUT2D eigenvalue weighted by Gasteiger charge is 2.20. The fourth-order valence-electron chi connectivity index (χ4n) is 1.20. The van der Waals surface area contributed by atoms with E-state index in [-0.39, 0.29) is 11.9 Å². The van der Waals surface area contributed by atoms with Gasteiger partial charge in [0.25, 0.3) is 0 Å². The predicted molar refractivity (Wildman–Crippen MR) is 62.9 cm³/mol. The highest BCUT2D eigenvalue weighted by atomic mass is 16.2. The number of nitrogens with one attached hydrogen (secondary N) is 2. The van der Waals surface area contributed by atoms with Gasteiger partial charge in [0.05, 0.1) is 6.04 Å². The summed E-state index contributed by atoms with van der Waals surface area (Å²) < 4.78 is 0. The lowest BCUT2D eigenvalue weighted by molar-refractivity contribution is -0.124. The van der Waals surface area contributed by atoms with Gasteiger partial charge in [0.2, 0.25) is 5.91 Å². The van der Waals surface area contributed by atoms with Crippen LogP contribution in [-0.2, 0) is 4.79 Å². The fraction of sp³-hybridized carbons (Fsp3) is 0.800. The summed E-state index contributed by atoms with van der Waals surface area (Å²) in [6.07, 6.45) is 0. The molecule has 94 valence electrons. The van der Waals surface area contributed by atoms with E-state index in [9.17, 15) is 9.59 Å². The van der Waals surface area contributed by atoms with Crippen molar-refractivity contribution in [3.8, 4) is 0 Å². The highest BCUT2D eigenvalue weighted by Crippen LogP contribution is 2.01. The molecule has 0 aromatic rings. The molecule has 0 bridgehead atoms. The van der Waals surface area contributed by atoms with Crippen LogP contribution in [-0.4, -0.2) is 50.1 Å². The summed E-state index contributed by atoms with van der Waals surface area (Å²) in [6, 6.07) is -0.844. The summed E-state index contributed by atoms with van der Waals surface area (Å²) >= 11 is 0. The topological polar surface area (TPSA) is 87.5 Å². The number of hydrogen-bond donors (Lipinski definition) is 3. The van der Waals surface area contributed by atoms with Gasteiger partial charge in [0, 0.05) is 13.6 Å². The van der Waals surface area contributed by atoms with Crippen molar-refractivity contribution >= 4 is 11.9 Å². The fourth-order valence-corrected chi connectivity index (χ4v) is 1.20. The van der Waals surface area contributed by atoms with Gasteiger partial charge in [-0.1, -0.05) is 6.92 Å². The van der Waals surface area contributed by atoms with Gasteiger partial charge in [-0.2, -0.15) is 0 Å². The first kappa shape index (κ1) is 14.9. The quantitative estimate of drug-likeness (QED) is 0.586. The molecule has 0 aliphatic rings. The second-order valence-corrected chi connectivity index (χ2v) is 4.02. The zero-order chi connectivity index (χ0) is 12.7. The largest absolute Gasteiger partial charge is 0.341 e. The molecule has 6 heteroatoms. The Kier molecular flexibility index (Phi) is 6.67.